The number of ether oxygens (including phenoxy) is 1. The van der Waals surface area contributed by atoms with Gasteiger partial charge in [-0.1, -0.05) is 30.3 Å². The Morgan fingerprint density at radius 3 is 2.50 bits per heavy atom. The van der Waals surface area contributed by atoms with Crippen LogP contribution in [0.2, 0.25) is 0 Å². The predicted molar refractivity (Wildman–Crippen MR) is 68.0 cm³/mol. The van der Waals surface area contributed by atoms with Crippen molar-refractivity contribution in [2.24, 2.45) is 5.73 Å². The number of hydrogen-bond donors (Lipinski definition) is 2. The highest BCUT2D eigenvalue weighted by Crippen LogP contribution is 2.28. The second-order valence-corrected chi connectivity index (χ2v) is 4.96. The molecule has 1 aliphatic carbocycles. The molecule has 4 heteroatoms. The van der Waals surface area contributed by atoms with Crippen molar-refractivity contribution in [3.8, 4) is 0 Å². The summed E-state index contributed by atoms with van der Waals surface area (Å²) in [4.78, 5) is 11.0. The molecule has 0 bridgehead atoms. The van der Waals surface area contributed by atoms with E-state index in [9.17, 15) is 4.79 Å². The van der Waals surface area contributed by atoms with Crippen LogP contribution in [-0.4, -0.2) is 22.7 Å². The lowest BCUT2D eigenvalue weighted by atomic mass is 9.81. The number of benzene rings is 1. The van der Waals surface area contributed by atoms with Crippen LogP contribution in [0.1, 0.15) is 31.2 Å². The minimum Gasteiger partial charge on any atom is -0.480 e. The van der Waals surface area contributed by atoms with Gasteiger partial charge in [0.15, 0.2) is 0 Å². The van der Waals surface area contributed by atoms with Crippen LogP contribution >= 0.6 is 0 Å². The van der Waals surface area contributed by atoms with Gasteiger partial charge >= 0.3 is 5.97 Å². The summed E-state index contributed by atoms with van der Waals surface area (Å²) in [6, 6.07) is 9.98. The zero-order valence-corrected chi connectivity index (χ0v) is 10.3. The zero-order chi connectivity index (χ0) is 13.0. The molecule has 0 radical (unpaired) electrons. The molecule has 0 unspecified atom stereocenters. The highest BCUT2D eigenvalue weighted by Gasteiger charge is 2.38. The lowest BCUT2D eigenvalue weighted by molar-refractivity contribution is -0.145. The standard InChI is InChI=1S/C14H19NO3/c15-14(13(16)17)8-6-12(7-9-14)18-10-11-4-2-1-3-5-11/h1-5,12H,6-10,15H2,(H,16,17). The van der Waals surface area contributed by atoms with Crippen LogP contribution in [0.4, 0.5) is 0 Å². The topological polar surface area (TPSA) is 72.6 Å². The molecule has 0 heterocycles. The number of carboxylic acids is 1. The molecule has 3 N–H and O–H groups in total. The Labute approximate surface area is 107 Å². The maximum absolute atomic E-state index is 11.0. The minimum atomic E-state index is -1.05. The normalized spacial score (nSPS) is 27.9. The summed E-state index contributed by atoms with van der Waals surface area (Å²) >= 11 is 0. The molecule has 1 aliphatic rings. The van der Waals surface area contributed by atoms with Crippen LogP contribution in [0, 0.1) is 0 Å². The maximum Gasteiger partial charge on any atom is 0.323 e. The van der Waals surface area contributed by atoms with Gasteiger partial charge in [0.05, 0.1) is 12.7 Å². The van der Waals surface area contributed by atoms with Gasteiger partial charge in [0, 0.05) is 0 Å². The molecule has 0 aliphatic heterocycles. The summed E-state index contributed by atoms with van der Waals surface area (Å²) in [6.45, 7) is 0.580. The third-order valence-electron chi connectivity index (χ3n) is 3.58. The fourth-order valence-corrected chi connectivity index (χ4v) is 2.28. The highest BCUT2D eigenvalue weighted by molar-refractivity contribution is 5.78. The fourth-order valence-electron chi connectivity index (χ4n) is 2.28. The van der Waals surface area contributed by atoms with Gasteiger partial charge < -0.3 is 15.6 Å². The first-order chi connectivity index (χ1) is 8.60. The van der Waals surface area contributed by atoms with Gasteiger partial charge in [0.1, 0.15) is 5.54 Å². The number of nitrogens with two attached hydrogens (primary N) is 1. The summed E-state index contributed by atoms with van der Waals surface area (Å²) in [6.07, 6.45) is 2.54. The molecule has 1 saturated carbocycles. The van der Waals surface area contributed by atoms with Gasteiger partial charge in [-0.2, -0.15) is 0 Å². The number of rotatable bonds is 4. The average Bonchev–Trinajstić information content (AvgIpc) is 2.39. The Balaban J connectivity index is 1.79. The Hall–Kier alpha value is -1.39. The summed E-state index contributed by atoms with van der Waals surface area (Å²) in [7, 11) is 0. The Bertz CT molecular complexity index is 397. The first kappa shape index (κ1) is 13.1. The summed E-state index contributed by atoms with van der Waals surface area (Å²) in [5.74, 6) is -0.899. The zero-order valence-electron chi connectivity index (χ0n) is 10.3. The molecule has 1 aromatic rings. The molecular weight excluding hydrogens is 230 g/mol. The fraction of sp³-hybridized carbons (Fsp3) is 0.500. The first-order valence-electron chi connectivity index (χ1n) is 6.28. The van der Waals surface area contributed by atoms with Gasteiger partial charge in [-0.3, -0.25) is 4.79 Å². The van der Waals surface area contributed by atoms with E-state index in [0.717, 1.165) is 18.4 Å². The van der Waals surface area contributed by atoms with Crippen LogP contribution in [-0.2, 0) is 16.1 Å². The summed E-state index contributed by atoms with van der Waals surface area (Å²) in [5.41, 5.74) is 5.91. The molecule has 0 saturated heterocycles. The van der Waals surface area contributed by atoms with E-state index < -0.39 is 11.5 Å². The molecular formula is C14H19NO3. The predicted octanol–water partition coefficient (Wildman–Crippen LogP) is 1.93. The summed E-state index contributed by atoms with van der Waals surface area (Å²) in [5, 5.41) is 9.03. The lowest BCUT2D eigenvalue weighted by Gasteiger charge is -2.33. The Morgan fingerprint density at radius 2 is 1.94 bits per heavy atom. The largest absolute Gasteiger partial charge is 0.480 e. The van der Waals surface area contributed by atoms with E-state index in [0.29, 0.717) is 19.4 Å². The SMILES string of the molecule is NC1(C(=O)O)CCC(OCc2ccccc2)CC1. The smallest absolute Gasteiger partial charge is 0.323 e. The minimum absolute atomic E-state index is 0.126. The van der Waals surface area contributed by atoms with Crippen molar-refractivity contribution in [2.75, 3.05) is 0 Å². The number of hydrogen-bond acceptors (Lipinski definition) is 3. The van der Waals surface area contributed by atoms with Crippen LogP contribution in [0.15, 0.2) is 30.3 Å². The molecule has 0 aromatic heterocycles. The van der Waals surface area contributed by atoms with Crippen LogP contribution in [0.3, 0.4) is 0 Å². The van der Waals surface area contributed by atoms with Crippen LogP contribution < -0.4 is 5.73 Å². The van der Waals surface area contributed by atoms with Crippen molar-refractivity contribution in [3.05, 3.63) is 35.9 Å². The van der Waals surface area contributed by atoms with Gasteiger partial charge in [-0.15, -0.1) is 0 Å². The van der Waals surface area contributed by atoms with E-state index in [1.165, 1.54) is 0 Å². The van der Waals surface area contributed by atoms with Crippen LogP contribution in [0.5, 0.6) is 0 Å². The van der Waals surface area contributed by atoms with Crippen molar-refractivity contribution in [3.63, 3.8) is 0 Å². The average molecular weight is 249 g/mol. The quantitative estimate of drug-likeness (QED) is 0.855. The molecule has 1 fully saturated rings. The number of carboxylic acid groups (broad SMARTS) is 1. The van der Waals surface area contributed by atoms with Crippen molar-refractivity contribution < 1.29 is 14.6 Å². The van der Waals surface area contributed by atoms with Crippen molar-refractivity contribution in [1.29, 1.82) is 0 Å². The number of aliphatic carboxylic acids is 1. The van der Waals surface area contributed by atoms with E-state index in [-0.39, 0.29) is 6.10 Å². The van der Waals surface area contributed by atoms with Crippen LogP contribution in [0.25, 0.3) is 0 Å². The van der Waals surface area contributed by atoms with Gasteiger partial charge in [0.25, 0.3) is 0 Å². The van der Waals surface area contributed by atoms with E-state index in [2.05, 4.69) is 0 Å². The molecule has 98 valence electrons. The summed E-state index contributed by atoms with van der Waals surface area (Å²) < 4.78 is 5.79. The third kappa shape index (κ3) is 3.09. The lowest BCUT2D eigenvalue weighted by Crippen LogP contribution is -2.51. The van der Waals surface area contributed by atoms with Gasteiger partial charge in [-0.25, -0.2) is 0 Å². The highest BCUT2D eigenvalue weighted by atomic mass is 16.5. The molecule has 0 amide bonds. The van der Waals surface area contributed by atoms with E-state index in [1.54, 1.807) is 0 Å². The Kier molecular flexibility index (Phi) is 3.99. The molecule has 0 atom stereocenters. The maximum atomic E-state index is 11.0. The first-order valence-corrected chi connectivity index (χ1v) is 6.28. The van der Waals surface area contributed by atoms with E-state index in [4.69, 9.17) is 15.6 Å². The monoisotopic (exact) mass is 249 g/mol. The molecule has 4 nitrogen and oxygen atoms in total. The van der Waals surface area contributed by atoms with Crippen molar-refractivity contribution >= 4 is 5.97 Å². The van der Waals surface area contributed by atoms with Gasteiger partial charge in [0.2, 0.25) is 0 Å². The number of carbonyl (C=O) groups is 1. The molecule has 1 aromatic carbocycles. The van der Waals surface area contributed by atoms with E-state index >= 15 is 0 Å². The Morgan fingerprint density at radius 1 is 1.33 bits per heavy atom. The molecule has 2 rings (SSSR count). The van der Waals surface area contributed by atoms with Gasteiger partial charge in [-0.05, 0) is 31.2 Å². The van der Waals surface area contributed by atoms with Crippen molar-refractivity contribution in [2.45, 2.75) is 43.9 Å². The third-order valence-corrected chi connectivity index (χ3v) is 3.58. The molecule has 0 spiro atoms. The second kappa shape index (κ2) is 5.50. The van der Waals surface area contributed by atoms with E-state index in [1.807, 2.05) is 30.3 Å². The molecule has 18 heavy (non-hydrogen) atoms. The van der Waals surface area contributed by atoms with Crippen molar-refractivity contribution in [1.82, 2.24) is 0 Å². The second-order valence-electron chi connectivity index (χ2n) is 4.96.